The van der Waals surface area contributed by atoms with E-state index >= 15 is 0 Å². The van der Waals surface area contributed by atoms with Crippen molar-refractivity contribution in [2.24, 2.45) is 0 Å². The van der Waals surface area contributed by atoms with Crippen molar-refractivity contribution in [3.8, 4) is 5.75 Å². The molecule has 0 unspecified atom stereocenters. The summed E-state index contributed by atoms with van der Waals surface area (Å²) in [5, 5.41) is 3.31. The Morgan fingerprint density at radius 3 is 2.78 bits per heavy atom. The van der Waals surface area contributed by atoms with E-state index in [2.05, 4.69) is 26.1 Å². The van der Waals surface area contributed by atoms with Gasteiger partial charge in [-0.2, -0.15) is 0 Å². The molecule has 0 saturated carbocycles. The van der Waals surface area contributed by atoms with Crippen molar-refractivity contribution in [3.63, 3.8) is 0 Å². The predicted molar refractivity (Wildman–Crippen MR) is 76.0 cm³/mol. The number of halogens is 3. The fourth-order valence-corrected chi connectivity index (χ4v) is 2.03. The minimum atomic E-state index is -0.476. The Hall–Kier alpha value is -0.360. The molecule has 1 N–H and O–H groups in total. The summed E-state index contributed by atoms with van der Waals surface area (Å²) in [4.78, 5) is 2.10. The molecule has 0 aromatic heterocycles. The Morgan fingerprint density at radius 1 is 1.39 bits per heavy atom. The summed E-state index contributed by atoms with van der Waals surface area (Å²) in [5.41, 5.74) is 0. The van der Waals surface area contributed by atoms with Crippen LogP contribution in [0.5, 0.6) is 5.75 Å². The molecule has 0 aliphatic carbocycles. The topological polar surface area (TPSA) is 24.5 Å². The number of hydrogen-bond acceptors (Lipinski definition) is 3. The second-order valence-corrected chi connectivity index (χ2v) is 5.36. The molecule has 0 atom stereocenters. The van der Waals surface area contributed by atoms with E-state index in [-0.39, 0.29) is 5.02 Å². The molecule has 0 bridgehead atoms. The lowest BCUT2D eigenvalue weighted by molar-refractivity contribution is 0.305. The first-order chi connectivity index (χ1) is 8.50. The van der Waals surface area contributed by atoms with Gasteiger partial charge < -0.3 is 15.0 Å². The normalized spacial score (nSPS) is 11.0. The van der Waals surface area contributed by atoms with E-state index in [0.29, 0.717) is 23.4 Å². The maximum Gasteiger partial charge on any atom is 0.145 e. The van der Waals surface area contributed by atoms with E-state index < -0.39 is 5.82 Å². The van der Waals surface area contributed by atoms with Crippen molar-refractivity contribution < 1.29 is 9.13 Å². The largest absolute Gasteiger partial charge is 0.491 e. The zero-order valence-corrected chi connectivity index (χ0v) is 12.8. The van der Waals surface area contributed by atoms with Gasteiger partial charge in [-0.1, -0.05) is 11.6 Å². The minimum Gasteiger partial charge on any atom is -0.491 e. The van der Waals surface area contributed by atoms with Gasteiger partial charge in [0.05, 0.1) is 9.50 Å². The van der Waals surface area contributed by atoms with E-state index in [1.807, 2.05) is 14.1 Å². The summed E-state index contributed by atoms with van der Waals surface area (Å²) in [6.07, 6.45) is 0. The van der Waals surface area contributed by atoms with Gasteiger partial charge in [0.15, 0.2) is 0 Å². The summed E-state index contributed by atoms with van der Waals surface area (Å²) in [7, 11) is 4.04. The van der Waals surface area contributed by atoms with Gasteiger partial charge in [-0.3, -0.25) is 0 Å². The molecule has 0 radical (unpaired) electrons. The maximum atomic E-state index is 13.2. The number of nitrogens with zero attached hydrogens (tertiary/aromatic N) is 1. The summed E-state index contributed by atoms with van der Waals surface area (Å²) >= 11 is 8.92. The molecule has 1 aromatic carbocycles. The predicted octanol–water partition coefficient (Wildman–Crippen LogP) is 2.77. The number of hydrogen-bond donors (Lipinski definition) is 1. The minimum absolute atomic E-state index is 0.0818. The number of ether oxygens (including phenoxy) is 1. The summed E-state index contributed by atoms with van der Waals surface area (Å²) in [6.45, 7) is 3.06. The first-order valence-electron chi connectivity index (χ1n) is 5.63. The summed E-state index contributed by atoms with van der Waals surface area (Å²) in [6, 6.07) is 2.78. The maximum absolute atomic E-state index is 13.2. The SMILES string of the molecule is CN(C)CCNCCOc1cc(F)c(Cl)cc1Br. The van der Waals surface area contributed by atoms with Crippen molar-refractivity contribution in [2.45, 2.75) is 0 Å². The van der Waals surface area contributed by atoms with Crippen LogP contribution in [-0.4, -0.2) is 45.2 Å². The monoisotopic (exact) mass is 338 g/mol. The van der Waals surface area contributed by atoms with Crippen molar-refractivity contribution in [1.29, 1.82) is 0 Å². The van der Waals surface area contributed by atoms with Crippen LogP contribution in [0.1, 0.15) is 0 Å². The molecule has 0 fully saturated rings. The lowest BCUT2D eigenvalue weighted by atomic mass is 10.3. The highest BCUT2D eigenvalue weighted by Crippen LogP contribution is 2.30. The molecule has 0 amide bonds. The van der Waals surface area contributed by atoms with Crippen molar-refractivity contribution in [1.82, 2.24) is 10.2 Å². The second kappa shape index (κ2) is 7.94. The highest BCUT2D eigenvalue weighted by atomic mass is 79.9. The molecule has 102 valence electrons. The van der Waals surface area contributed by atoms with E-state index in [9.17, 15) is 4.39 Å². The molecule has 0 heterocycles. The molecule has 18 heavy (non-hydrogen) atoms. The van der Waals surface area contributed by atoms with Crippen LogP contribution in [0, 0.1) is 5.82 Å². The smallest absolute Gasteiger partial charge is 0.145 e. The third-order valence-electron chi connectivity index (χ3n) is 2.25. The average molecular weight is 340 g/mol. The summed E-state index contributed by atoms with van der Waals surface area (Å²) < 4.78 is 19.3. The lowest BCUT2D eigenvalue weighted by Gasteiger charge is -2.12. The zero-order chi connectivity index (χ0) is 13.5. The van der Waals surface area contributed by atoms with Gasteiger partial charge >= 0.3 is 0 Å². The van der Waals surface area contributed by atoms with Gasteiger partial charge in [-0.25, -0.2) is 4.39 Å². The van der Waals surface area contributed by atoms with Gasteiger partial charge in [0.2, 0.25) is 0 Å². The standard InChI is InChI=1S/C12H17BrClFN2O/c1-17(2)5-3-16-4-6-18-12-8-11(15)10(14)7-9(12)13/h7-8,16H,3-6H2,1-2H3. The van der Waals surface area contributed by atoms with Gasteiger partial charge in [-0.15, -0.1) is 0 Å². The van der Waals surface area contributed by atoms with Crippen LogP contribution in [0.4, 0.5) is 4.39 Å². The fourth-order valence-electron chi connectivity index (χ4n) is 1.28. The molecule has 0 spiro atoms. The Morgan fingerprint density at radius 2 is 2.11 bits per heavy atom. The molecule has 0 aliphatic heterocycles. The molecular formula is C12H17BrClFN2O. The molecule has 0 saturated heterocycles. The average Bonchev–Trinajstić information content (AvgIpc) is 2.29. The number of nitrogens with one attached hydrogen (secondary N) is 1. The van der Waals surface area contributed by atoms with Crippen LogP contribution in [-0.2, 0) is 0 Å². The van der Waals surface area contributed by atoms with Gasteiger partial charge in [0.25, 0.3) is 0 Å². The van der Waals surface area contributed by atoms with Gasteiger partial charge in [0.1, 0.15) is 18.2 Å². The van der Waals surface area contributed by atoms with Crippen LogP contribution in [0.3, 0.4) is 0 Å². The van der Waals surface area contributed by atoms with Crippen LogP contribution >= 0.6 is 27.5 Å². The van der Waals surface area contributed by atoms with Gasteiger partial charge in [-0.05, 0) is 36.1 Å². The van der Waals surface area contributed by atoms with Crippen LogP contribution in [0.2, 0.25) is 5.02 Å². The Kier molecular flexibility index (Phi) is 6.92. The molecule has 1 rings (SSSR count). The van der Waals surface area contributed by atoms with Crippen molar-refractivity contribution >= 4 is 27.5 Å². The first-order valence-corrected chi connectivity index (χ1v) is 6.80. The second-order valence-electron chi connectivity index (χ2n) is 4.10. The quantitative estimate of drug-likeness (QED) is 0.611. The highest BCUT2D eigenvalue weighted by molar-refractivity contribution is 9.10. The third kappa shape index (κ3) is 5.52. The molecular weight excluding hydrogens is 322 g/mol. The van der Waals surface area contributed by atoms with Gasteiger partial charge in [0, 0.05) is 25.7 Å². The van der Waals surface area contributed by atoms with E-state index in [4.69, 9.17) is 16.3 Å². The van der Waals surface area contributed by atoms with Crippen molar-refractivity contribution in [3.05, 3.63) is 27.4 Å². The molecule has 6 heteroatoms. The third-order valence-corrected chi connectivity index (χ3v) is 3.16. The van der Waals surface area contributed by atoms with E-state index in [1.165, 1.54) is 12.1 Å². The van der Waals surface area contributed by atoms with Crippen LogP contribution in [0.15, 0.2) is 16.6 Å². The Labute approximate surface area is 120 Å². The lowest BCUT2D eigenvalue weighted by Crippen LogP contribution is -2.29. The fraction of sp³-hybridized carbons (Fsp3) is 0.500. The van der Waals surface area contributed by atoms with E-state index in [0.717, 1.165) is 13.1 Å². The highest BCUT2D eigenvalue weighted by Gasteiger charge is 2.07. The van der Waals surface area contributed by atoms with Crippen LogP contribution < -0.4 is 10.1 Å². The Balaban J connectivity index is 2.29. The molecule has 3 nitrogen and oxygen atoms in total. The summed E-state index contributed by atoms with van der Waals surface area (Å²) in [5.74, 6) is -0.0123. The molecule has 0 aliphatic rings. The number of rotatable bonds is 7. The number of benzene rings is 1. The van der Waals surface area contributed by atoms with Crippen molar-refractivity contribution in [2.75, 3.05) is 40.3 Å². The van der Waals surface area contributed by atoms with E-state index in [1.54, 1.807) is 0 Å². The van der Waals surface area contributed by atoms with Crippen LogP contribution in [0.25, 0.3) is 0 Å². The zero-order valence-electron chi connectivity index (χ0n) is 10.5. The molecule has 1 aromatic rings. The number of likely N-dealkylation sites (N-methyl/N-ethyl adjacent to an activating group) is 1. The first kappa shape index (κ1) is 15.7. The Bertz CT molecular complexity index is 391.